The fourth-order valence-electron chi connectivity index (χ4n) is 2.05. The first-order chi connectivity index (χ1) is 10.1. The molecule has 21 heavy (non-hydrogen) atoms. The van der Waals surface area contributed by atoms with Crippen molar-refractivity contribution in [2.24, 2.45) is 5.73 Å². The Balaban J connectivity index is 1.84. The molecule has 0 saturated heterocycles. The first kappa shape index (κ1) is 15.7. The molecular weight excluding hydrogens is 288 g/mol. The maximum atomic E-state index is 12.1. The average molecular weight is 308 g/mol. The Morgan fingerprint density at radius 1 is 1.19 bits per heavy atom. The molecule has 0 aliphatic rings. The molecule has 0 amide bonds. The Morgan fingerprint density at radius 3 is 2.62 bits per heavy atom. The average Bonchev–Trinajstić information content (AvgIpc) is 2.97. The van der Waals surface area contributed by atoms with Crippen molar-refractivity contribution in [1.29, 1.82) is 0 Å². The number of nitrogens with one attached hydrogen (secondary N) is 1. The third kappa shape index (κ3) is 4.96. The molecule has 2 aromatic rings. The van der Waals surface area contributed by atoms with Gasteiger partial charge in [-0.1, -0.05) is 24.3 Å². The lowest BCUT2D eigenvalue weighted by Crippen LogP contribution is -2.27. The van der Waals surface area contributed by atoms with E-state index in [9.17, 15) is 8.42 Å². The number of aryl methyl sites for hydroxylation is 1. The van der Waals surface area contributed by atoms with E-state index >= 15 is 0 Å². The number of aromatic nitrogens is 2. The van der Waals surface area contributed by atoms with Gasteiger partial charge in [0.15, 0.2) is 0 Å². The van der Waals surface area contributed by atoms with Crippen LogP contribution in [0.1, 0.15) is 17.5 Å². The minimum Gasteiger partial charge on any atom is -0.326 e. The van der Waals surface area contributed by atoms with E-state index < -0.39 is 10.0 Å². The summed E-state index contributed by atoms with van der Waals surface area (Å²) >= 11 is 0. The quantitative estimate of drug-likeness (QED) is 0.708. The standard InChI is InChI=1S/C14H20N4O2S/c15-11-13-5-1-2-6-14(13)12-21(19,20)17-8-4-10-18-9-3-7-16-18/h1-3,5-7,9,17H,4,8,10-12,15H2. The summed E-state index contributed by atoms with van der Waals surface area (Å²) in [7, 11) is -3.34. The van der Waals surface area contributed by atoms with Crippen LogP contribution in [0.5, 0.6) is 0 Å². The lowest BCUT2D eigenvalue weighted by Gasteiger charge is -2.10. The Kier molecular flexibility index (Phi) is 5.49. The number of hydrogen-bond acceptors (Lipinski definition) is 4. The van der Waals surface area contributed by atoms with E-state index in [0.717, 1.165) is 11.1 Å². The van der Waals surface area contributed by atoms with Gasteiger partial charge in [0.05, 0.1) is 5.75 Å². The smallest absolute Gasteiger partial charge is 0.215 e. The monoisotopic (exact) mass is 308 g/mol. The fraction of sp³-hybridized carbons (Fsp3) is 0.357. The van der Waals surface area contributed by atoms with Crippen LogP contribution in [0, 0.1) is 0 Å². The minimum absolute atomic E-state index is 0.0395. The van der Waals surface area contributed by atoms with Crippen LogP contribution in [-0.2, 0) is 28.9 Å². The fourth-order valence-corrected chi connectivity index (χ4v) is 3.30. The van der Waals surface area contributed by atoms with Crippen LogP contribution in [0.2, 0.25) is 0 Å². The van der Waals surface area contributed by atoms with E-state index in [4.69, 9.17) is 5.73 Å². The van der Waals surface area contributed by atoms with E-state index in [1.165, 1.54) is 0 Å². The van der Waals surface area contributed by atoms with Gasteiger partial charge in [0.1, 0.15) is 0 Å². The summed E-state index contributed by atoms with van der Waals surface area (Å²) in [5.41, 5.74) is 7.23. The van der Waals surface area contributed by atoms with Crippen molar-refractivity contribution in [2.75, 3.05) is 6.54 Å². The van der Waals surface area contributed by atoms with Gasteiger partial charge in [0.25, 0.3) is 0 Å². The van der Waals surface area contributed by atoms with Crippen LogP contribution in [0.3, 0.4) is 0 Å². The summed E-state index contributed by atoms with van der Waals surface area (Å²) in [6.45, 7) is 1.42. The van der Waals surface area contributed by atoms with Crippen LogP contribution < -0.4 is 10.5 Å². The van der Waals surface area contributed by atoms with Gasteiger partial charge in [0.2, 0.25) is 10.0 Å². The van der Waals surface area contributed by atoms with Gasteiger partial charge in [0, 0.05) is 32.0 Å². The second-order valence-electron chi connectivity index (χ2n) is 4.75. The summed E-state index contributed by atoms with van der Waals surface area (Å²) in [5, 5.41) is 4.07. The van der Waals surface area contributed by atoms with Gasteiger partial charge >= 0.3 is 0 Å². The molecule has 2 rings (SSSR count). The summed E-state index contributed by atoms with van der Waals surface area (Å²) in [6, 6.07) is 9.17. The van der Waals surface area contributed by atoms with E-state index in [1.807, 2.05) is 30.5 Å². The molecule has 7 heteroatoms. The van der Waals surface area contributed by atoms with Crippen molar-refractivity contribution in [3.05, 3.63) is 53.9 Å². The highest BCUT2D eigenvalue weighted by Crippen LogP contribution is 2.11. The normalized spacial score (nSPS) is 11.7. The molecule has 0 saturated carbocycles. The molecule has 0 aliphatic carbocycles. The van der Waals surface area contributed by atoms with Crippen LogP contribution >= 0.6 is 0 Å². The molecule has 114 valence electrons. The van der Waals surface area contributed by atoms with Crippen molar-refractivity contribution >= 4 is 10.0 Å². The SMILES string of the molecule is NCc1ccccc1CS(=O)(=O)NCCCn1cccn1. The molecule has 0 unspecified atom stereocenters. The number of hydrogen-bond donors (Lipinski definition) is 2. The highest BCUT2D eigenvalue weighted by atomic mass is 32.2. The van der Waals surface area contributed by atoms with Gasteiger partial charge in [-0.25, -0.2) is 13.1 Å². The number of nitrogens with zero attached hydrogens (tertiary/aromatic N) is 2. The van der Waals surface area contributed by atoms with E-state index in [1.54, 1.807) is 16.9 Å². The van der Waals surface area contributed by atoms with Gasteiger partial charge in [-0.05, 0) is 23.6 Å². The van der Waals surface area contributed by atoms with Gasteiger partial charge < -0.3 is 5.73 Å². The molecule has 0 bridgehead atoms. The summed E-state index contributed by atoms with van der Waals surface area (Å²) in [4.78, 5) is 0. The Hall–Kier alpha value is -1.70. The molecule has 3 N–H and O–H groups in total. The van der Waals surface area contributed by atoms with Gasteiger partial charge in [-0.3, -0.25) is 4.68 Å². The molecule has 0 aliphatic heterocycles. The molecule has 1 heterocycles. The first-order valence-corrected chi connectivity index (χ1v) is 8.47. The summed E-state index contributed by atoms with van der Waals surface area (Å²) < 4.78 is 28.5. The van der Waals surface area contributed by atoms with Gasteiger partial charge in [-0.15, -0.1) is 0 Å². The van der Waals surface area contributed by atoms with Crippen LogP contribution in [0.25, 0.3) is 0 Å². The van der Waals surface area contributed by atoms with Crippen molar-refractivity contribution in [3.8, 4) is 0 Å². The second-order valence-corrected chi connectivity index (χ2v) is 6.56. The third-order valence-electron chi connectivity index (χ3n) is 3.13. The van der Waals surface area contributed by atoms with Crippen LogP contribution in [0.4, 0.5) is 0 Å². The first-order valence-electron chi connectivity index (χ1n) is 6.82. The number of rotatable bonds is 8. The highest BCUT2D eigenvalue weighted by Gasteiger charge is 2.13. The van der Waals surface area contributed by atoms with E-state index in [-0.39, 0.29) is 5.75 Å². The zero-order valence-electron chi connectivity index (χ0n) is 11.8. The number of benzene rings is 1. The van der Waals surface area contributed by atoms with Crippen molar-refractivity contribution in [2.45, 2.75) is 25.3 Å². The predicted octanol–water partition coefficient (Wildman–Crippen LogP) is 0.851. The van der Waals surface area contributed by atoms with E-state index in [0.29, 0.717) is 26.1 Å². The molecule has 0 atom stereocenters. The Morgan fingerprint density at radius 2 is 1.95 bits per heavy atom. The molecular formula is C14H20N4O2S. The molecule has 1 aromatic heterocycles. The summed E-state index contributed by atoms with van der Waals surface area (Å²) in [5.74, 6) is -0.0395. The molecule has 0 radical (unpaired) electrons. The predicted molar refractivity (Wildman–Crippen MR) is 81.8 cm³/mol. The zero-order chi connectivity index (χ0) is 15.1. The lowest BCUT2D eigenvalue weighted by atomic mass is 10.1. The van der Waals surface area contributed by atoms with Crippen molar-refractivity contribution < 1.29 is 8.42 Å². The number of nitrogens with two attached hydrogens (primary N) is 1. The lowest BCUT2D eigenvalue weighted by molar-refractivity contribution is 0.552. The largest absolute Gasteiger partial charge is 0.326 e. The van der Waals surface area contributed by atoms with Crippen LogP contribution in [0.15, 0.2) is 42.7 Å². The Labute approximate surface area is 125 Å². The maximum Gasteiger partial charge on any atom is 0.215 e. The van der Waals surface area contributed by atoms with E-state index in [2.05, 4.69) is 9.82 Å². The molecule has 0 fully saturated rings. The number of sulfonamides is 1. The van der Waals surface area contributed by atoms with Crippen molar-refractivity contribution in [1.82, 2.24) is 14.5 Å². The molecule has 0 spiro atoms. The Bertz CT molecular complexity index is 653. The maximum absolute atomic E-state index is 12.1. The van der Waals surface area contributed by atoms with Crippen molar-refractivity contribution in [3.63, 3.8) is 0 Å². The highest BCUT2D eigenvalue weighted by molar-refractivity contribution is 7.88. The zero-order valence-corrected chi connectivity index (χ0v) is 12.6. The van der Waals surface area contributed by atoms with Crippen LogP contribution in [-0.4, -0.2) is 24.7 Å². The minimum atomic E-state index is -3.34. The second kappa shape index (κ2) is 7.35. The van der Waals surface area contributed by atoms with Gasteiger partial charge in [-0.2, -0.15) is 5.10 Å². The third-order valence-corrected chi connectivity index (χ3v) is 4.46. The molecule has 6 nitrogen and oxygen atoms in total. The molecule has 1 aromatic carbocycles. The summed E-state index contributed by atoms with van der Waals surface area (Å²) in [6.07, 6.45) is 4.25. The topological polar surface area (TPSA) is 90.0 Å².